The lowest BCUT2D eigenvalue weighted by molar-refractivity contribution is 0.0341. The molecule has 0 amide bonds. The molecule has 0 radical (unpaired) electrons. The Morgan fingerprint density at radius 3 is 2.93 bits per heavy atom. The number of morpholine rings is 1. The Morgan fingerprint density at radius 1 is 1.40 bits per heavy atom. The second kappa shape index (κ2) is 5.30. The van der Waals surface area contributed by atoms with Crippen molar-refractivity contribution >= 4 is 0 Å². The SMILES string of the molecule is CNCc1cc(CN2CCOCC2)co1. The molecule has 0 saturated carbocycles. The summed E-state index contributed by atoms with van der Waals surface area (Å²) in [6, 6.07) is 2.12. The molecule has 15 heavy (non-hydrogen) atoms. The highest BCUT2D eigenvalue weighted by molar-refractivity contribution is 5.12. The van der Waals surface area contributed by atoms with Crippen molar-refractivity contribution in [1.29, 1.82) is 0 Å². The predicted octanol–water partition coefficient (Wildman–Crippen LogP) is 0.831. The Bertz CT molecular complexity index is 293. The first kappa shape index (κ1) is 10.7. The van der Waals surface area contributed by atoms with Gasteiger partial charge in [-0.25, -0.2) is 0 Å². The summed E-state index contributed by atoms with van der Waals surface area (Å²) >= 11 is 0. The number of hydrogen-bond acceptors (Lipinski definition) is 4. The minimum absolute atomic E-state index is 0.795. The largest absolute Gasteiger partial charge is 0.468 e. The van der Waals surface area contributed by atoms with Gasteiger partial charge in [-0.15, -0.1) is 0 Å². The number of nitrogens with one attached hydrogen (secondary N) is 1. The van der Waals surface area contributed by atoms with Crippen molar-refractivity contribution < 1.29 is 9.15 Å². The smallest absolute Gasteiger partial charge is 0.117 e. The number of furan rings is 1. The van der Waals surface area contributed by atoms with Crippen molar-refractivity contribution in [2.24, 2.45) is 0 Å². The van der Waals surface area contributed by atoms with Crippen molar-refractivity contribution in [3.8, 4) is 0 Å². The Kier molecular flexibility index (Phi) is 3.77. The molecule has 0 atom stereocenters. The standard InChI is InChI=1S/C11H18N2O2/c1-12-7-11-6-10(9-15-11)8-13-2-4-14-5-3-13/h6,9,12H,2-5,7-8H2,1H3. The van der Waals surface area contributed by atoms with Gasteiger partial charge in [0.05, 0.1) is 26.0 Å². The van der Waals surface area contributed by atoms with Gasteiger partial charge in [0, 0.05) is 25.2 Å². The molecular formula is C11H18N2O2. The lowest BCUT2D eigenvalue weighted by atomic mass is 10.2. The lowest BCUT2D eigenvalue weighted by Crippen LogP contribution is -2.35. The highest BCUT2D eigenvalue weighted by Gasteiger charge is 2.11. The third-order valence-electron chi connectivity index (χ3n) is 2.57. The third kappa shape index (κ3) is 3.06. The minimum atomic E-state index is 0.795. The Hall–Kier alpha value is -0.840. The van der Waals surface area contributed by atoms with Gasteiger partial charge in [-0.1, -0.05) is 0 Å². The van der Waals surface area contributed by atoms with E-state index in [4.69, 9.17) is 9.15 Å². The average Bonchev–Trinajstić information content (AvgIpc) is 2.68. The van der Waals surface area contributed by atoms with Crippen LogP contribution in [0.1, 0.15) is 11.3 Å². The van der Waals surface area contributed by atoms with Crippen molar-refractivity contribution in [2.45, 2.75) is 13.1 Å². The second-order valence-corrected chi connectivity index (χ2v) is 3.84. The topological polar surface area (TPSA) is 37.6 Å². The van der Waals surface area contributed by atoms with E-state index in [1.54, 1.807) is 0 Å². The molecule has 1 N–H and O–H groups in total. The van der Waals surface area contributed by atoms with E-state index in [2.05, 4.69) is 16.3 Å². The predicted molar refractivity (Wildman–Crippen MR) is 57.6 cm³/mol. The van der Waals surface area contributed by atoms with Crippen LogP contribution in [0, 0.1) is 0 Å². The van der Waals surface area contributed by atoms with Crippen LogP contribution in [0.2, 0.25) is 0 Å². The zero-order chi connectivity index (χ0) is 10.5. The summed E-state index contributed by atoms with van der Waals surface area (Å²) in [5.74, 6) is 1.00. The highest BCUT2D eigenvalue weighted by atomic mass is 16.5. The summed E-state index contributed by atoms with van der Waals surface area (Å²) in [7, 11) is 1.92. The number of ether oxygens (including phenoxy) is 1. The van der Waals surface area contributed by atoms with Crippen LogP contribution in [-0.2, 0) is 17.8 Å². The van der Waals surface area contributed by atoms with Crippen LogP contribution >= 0.6 is 0 Å². The molecular weight excluding hydrogens is 192 g/mol. The van der Waals surface area contributed by atoms with Crippen LogP contribution in [-0.4, -0.2) is 38.3 Å². The van der Waals surface area contributed by atoms with Gasteiger partial charge < -0.3 is 14.5 Å². The third-order valence-corrected chi connectivity index (χ3v) is 2.57. The molecule has 0 bridgehead atoms. The van der Waals surface area contributed by atoms with Crippen LogP contribution in [0.15, 0.2) is 16.7 Å². The maximum atomic E-state index is 5.43. The van der Waals surface area contributed by atoms with Crippen molar-refractivity contribution in [3.63, 3.8) is 0 Å². The zero-order valence-corrected chi connectivity index (χ0v) is 9.16. The summed E-state index contributed by atoms with van der Waals surface area (Å²) in [4.78, 5) is 2.39. The molecule has 1 fully saturated rings. The summed E-state index contributed by atoms with van der Waals surface area (Å²) < 4.78 is 10.7. The maximum Gasteiger partial charge on any atom is 0.117 e. The molecule has 1 saturated heterocycles. The molecule has 4 nitrogen and oxygen atoms in total. The number of nitrogens with zero attached hydrogens (tertiary/aromatic N) is 1. The van der Waals surface area contributed by atoms with Crippen LogP contribution in [0.4, 0.5) is 0 Å². The summed E-state index contributed by atoms with van der Waals surface area (Å²) in [5.41, 5.74) is 1.25. The van der Waals surface area contributed by atoms with Gasteiger partial charge in [-0.2, -0.15) is 0 Å². The van der Waals surface area contributed by atoms with E-state index in [9.17, 15) is 0 Å². The van der Waals surface area contributed by atoms with Gasteiger partial charge in [-0.3, -0.25) is 4.90 Å². The minimum Gasteiger partial charge on any atom is -0.468 e. The normalized spacial score (nSPS) is 18.2. The van der Waals surface area contributed by atoms with E-state index in [0.717, 1.165) is 45.2 Å². The molecule has 2 rings (SSSR count). The fraction of sp³-hybridized carbons (Fsp3) is 0.636. The van der Waals surface area contributed by atoms with Crippen molar-refractivity contribution in [2.75, 3.05) is 33.4 Å². The van der Waals surface area contributed by atoms with Crippen LogP contribution in [0.25, 0.3) is 0 Å². The molecule has 0 spiro atoms. The Labute approximate surface area is 90.2 Å². The van der Waals surface area contributed by atoms with Gasteiger partial charge in [0.2, 0.25) is 0 Å². The van der Waals surface area contributed by atoms with Crippen LogP contribution in [0.5, 0.6) is 0 Å². The summed E-state index contributed by atoms with van der Waals surface area (Å²) in [5, 5.41) is 3.07. The van der Waals surface area contributed by atoms with E-state index in [1.807, 2.05) is 13.3 Å². The molecule has 0 aromatic carbocycles. The Morgan fingerprint density at radius 2 is 2.20 bits per heavy atom. The van der Waals surface area contributed by atoms with Gasteiger partial charge in [-0.05, 0) is 13.1 Å². The van der Waals surface area contributed by atoms with E-state index in [0.29, 0.717) is 0 Å². The number of rotatable bonds is 4. The molecule has 1 aliphatic heterocycles. The monoisotopic (exact) mass is 210 g/mol. The first-order valence-corrected chi connectivity index (χ1v) is 5.39. The van der Waals surface area contributed by atoms with Gasteiger partial charge in [0.25, 0.3) is 0 Å². The zero-order valence-electron chi connectivity index (χ0n) is 9.16. The molecule has 0 aliphatic carbocycles. The summed E-state index contributed by atoms with van der Waals surface area (Å²) in [6.45, 7) is 5.50. The maximum absolute atomic E-state index is 5.43. The van der Waals surface area contributed by atoms with Gasteiger partial charge >= 0.3 is 0 Å². The molecule has 1 aromatic heterocycles. The molecule has 2 heterocycles. The fourth-order valence-corrected chi connectivity index (χ4v) is 1.79. The second-order valence-electron chi connectivity index (χ2n) is 3.84. The van der Waals surface area contributed by atoms with Gasteiger partial charge in [0.1, 0.15) is 5.76 Å². The molecule has 0 unspecified atom stereocenters. The van der Waals surface area contributed by atoms with Crippen molar-refractivity contribution in [1.82, 2.24) is 10.2 Å². The highest BCUT2D eigenvalue weighted by Crippen LogP contribution is 2.11. The van der Waals surface area contributed by atoms with Crippen molar-refractivity contribution in [3.05, 3.63) is 23.7 Å². The van der Waals surface area contributed by atoms with Crippen LogP contribution < -0.4 is 5.32 Å². The summed E-state index contributed by atoms with van der Waals surface area (Å²) in [6.07, 6.45) is 1.85. The molecule has 4 heteroatoms. The molecule has 1 aromatic rings. The van der Waals surface area contributed by atoms with Crippen LogP contribution in [0.3, 0.4) is 0 Å². The van der Waals surface area contributed by atoms with Gasteiger partial charge in [0.15, 0.2) is 0 Å². The molecule has 1 aliphatic rings. The van der Waals surface area contributed by atoms with E-state index >= 15 is 0 Å². The number of hydrogen-bond donors (Lipinski definition) is 1. The van der Waals surface area contributed by atoms with E-state index in [-0.39, 0.29) is 0 Å². The quantitative estimate of drug-likeness (QED) is 0.799. The Balaban J connectivity index is 1.86. The average molecular weight is 210 g/mol. The fourth-order valence-electron chi connectivity index (χ4n) is 1.79. The molecule has 84 valence electrons. The first-order valence-electron chi connectivity index (χ1n) is 5.39. The van der Waals surface area contributed by atoms with E-state index < -0.39 is 0 Å². The lowest BCUT2D eigenvalue weighted by Gasteiger charge is -2.25. The first-order chi connectivity index (χ1) is 7.38. The van der Waals surface area contributed by atoms with E-state index in [1.165, 1.54) is 5.56 Å².